The lowest BCUT2D eigenvalue weighted by Crippen LogP contribution is -2.11. The number of benzene rings is 11. The van der Waals surface area contributed by atoms with E-state index in [2.05, 4.69) is 264 Å². The van der Waals surface area contributed by atoms with Gasteiger partial charge in [-0.1, -0.05) is 200 Å². The first kappa shape index (κ1) is 37.3. The van der Waals surface area contributed by atoms with Crippen LogP contribution in [0.2, 0.25) is 0 Å². The summed E-state index contributed by atoms with van der Waals surface area (Å²) in [6, 6.07) is 92.6. The molecule has 12 aromatic rings. The first-order chi connectivity index (χ1) is 31.8. The molecular weight excluding hydrogens is 773 g/mol. The van der Waals surface area contributed by atoms with Crippen molar-refractivity contribution in [1.29, 1.82) is 0 Å². The summed E-state index contributed by atoms with van der Waals surface area (Å²) in [5, 5.41) is 7.46. The maximum absolute atomic E-state index is 2.45. The van der Waals surface area contributed by atoms with Crippen LogP contribution in [0.25, 0.3) is 93.5 Å². The van der Waals surface area contributed by atoms with Crippen molar-refractivity contribution in [3.63, 3.8) is 0 Å². The van der Waals surface area contributed by atoms with Gasteiger partial charge in [0.15, 0.2) is 0 Å². The molecule has 11 aromatic carbocycles. The van der Waals surface area contributed by atoms with Crippen molar-refractivity contribution in [3.8, 4) is 50.2 Å². The van der Waals surface area contributed by atoms with Crippen LogP contribution in [0.15, 0.2) is 255 Å². The second kappa shape index (κ2) is 15.8. The number of fused-ring (bicyclic) bond motifs is 6. The van der Waals surface area contributed by atoms with Gasteiger partial charge in [0.2, 0.25) is 0 Å². The van der Waals surface area contributed by atoms with Gasteiger partial charge in [0.25, 0.3) is 0 Å². The van der Waals surface area contributed by atoms with Crippen LogP contribution < -0.4 is 4.90 Å². The van der Waals surface area contributed by atoms with Gasteiger partial charge in [0.05, 0.1) is 16.7 Å². The molecule has 0 radical (unpaired) electrons. The third-order valence-electron chi connectivity index (χ3n) is 12.8. The van der Waals surface area contributed by atoms with Crippen LogP contribution in [0.4, 0.5) is 17.1 Å². The Morgan fingerprint density at radius 1 is 0.297 bits per heavy atom. The molecule has 0 amide bonds. The quantitative estimate of drug-likeness (QED) is 0.148. The monoisotopic (exact) mass is 814 g/mol. The standard InChI is InChI=1S/C62H42N2/c1-3-17-46(18-4-1)55-27-11-13-31-59(55)63(51-39-37-44(38-40-51)43-33-35-47(36-34-43)54-30-16-21-45-19-7-9-26-53(45)54)52-25-15-22-48(41-52)58-42-49-20-8-10-28-56(49)62-61(58)57-29-12-14-32-60(57)64(62)50-23-5-2-6-24-50/h1-42H. The number of aromatic nitrogens is 1. The van der Waals surface area contributed by atoms with E-state index in [0.717, 1.165) is 28.3 Å². The van der Waals surface area contributed by atoms with Crippen LogP contribution in [-0.4, -0.2) is 4.57 Å². The van der Waals surface area contributed by atoms with E-state index in [9.17, 15) is 0 Å². The van der Waals surface area contributed by atoms with Crippen LogP contribution in [0.1, 0.15) is 0 Å². The van der Waals surface area contributed by atoms with E-state index >= 15 is 0 Å². The lowest BCUT2D eigenvalue weighted by atomic mass is 9.94. The van der Waals surface area contributed by atoms with Crippen molar-refractivity contribution in [3.05, 3.63) is 255 Å². The zero-order valence-electron chi connectivity index (χ0n) is 35.1. The highest BCUT2D eigenvalue weighted by Crippen LogP contribution is 2.46. The molecule has 0 saturated heterocycles. The second-order valence-corrected chi connectivity index (χ2v) is 16.5. The average Bonchev–Trinajstić information content (AvgIpc) is 3.73. The van der Waals surface area contributed by atoms with Gasteiger partial charge in [-0.3, -0.25) is 0 Å². The summed E-state index contributed by atoms with van der Waals surface area (Å²) in [4.78, 5) is 2.42. The summed E-state index contributed by atoms with van der Waals surface area (Å²) in [5.41, 5.74) is 16.4. The smallest absolute Gasteiger partial charge is 0.0625 e. The van der Waals surface area contributed by atoms with Crippen LogP contribution in [0.5, 0.6) is 0 Å². The summed E-state index contributed by atoms with van der Waals surface area (Å²) >= 11 is 0. The maximum Gasteiger partial charge on any atom is 0.0625 e. The summed E-state index contributed by atoms with van der Waals surface area (Å²) in [6.45, 7) is 0. The lowest BCUT2D eigenvalue weighted by Gasteiger charge is -2.28. The Bertz CT molecular complexity index is 3640. The van der Waals surface area contributed by atoms with Gasteiger partial charge in [-0.15, -0.1) is 0 Å². The summed E-state index contributed by atoms with van der Waals surface area (Å²) < 4.78 is 2.45. The Kier molecular flexibility index (Phi) is 9.20. The zero-order chi connectivity index (χ0) is 42.4. The van der Waals surface area contributed by atoms with Crippen molar-refractivity contribution in [2.75, 3.05) is 4.90 Å². The summed E-state index contributed by atoms with van der Waals surface area (Å²) in [5.74, 6) is 0. The molecule has 1 heterocycles. The van der Waals surface area contributed by atoms with Crippen LogP contribution in [0.3, 0.4) is 0 Å². The molecule has 0 aliphatic heterocycles. The Morgan fingerprint density at radius 2 is 0.844 bits per heavy atom. The number of hydrogen-bond acceptors (Lipinski definition) is 1. The molecule has 1 aromatic heterocycles. The molecule has 64 heavy (non-hydrogen) atoms. The normalized spacial score (nSPS) is 11.4. The van der Waals surface area contributed by atoms with E-state index in [1.807, 2.05) is 0 Å². The van der Waals surface area contributed by atoms with E-state index < -0.39 is 0 Å². The van der Waals surface area contributed by atoms with Gasteiger partial charge < -0.3 is 9.47 Å². The zero-order valence-corrected chi connectivity index (χ0v) is 35.1. The van der Waals surface area contributed by atoms with E-state index in [-0.39, 0.29) is 0 Å². The van der Waals surface area contributed by atoms with Gasteiger partial charge in [-0.05, 0) is 110 Å². The largest absolute Gasteiger partial charge is 0.310 e. The molecule has 300 valence electrons. The highest BCUT2D eigenvalue weighted by atomic mass is 15.1. The number of rotatable bonds is 8. The van der Waals surface area contributed by atoms with E-state index in [1.165, 1.54) is 82.3 Å². The first-order valence-corrected chi connectivity index (χ1v) is 22.0. The molecule has 0 spiro atoms. The number of hydrogen-bond donors (Lipinski definition) is 0. The predicted molar refractivity (Wildman–Crippen MR) is 272 cm³/mol. The highest BCUT2D eigenvalue weighted by molar-refractivity contribution is 6.24. The van der Waals surface area contributed by atoms with Gasteiger partial charge in [0.1, 0.15) is 0 Å². The number of para-hydroxylation sites is 3. The third-order valence-corrected chi connectivity index (χ3v) is 12.8. The fourth-order valence-corrected chi connectivity index (χ4v) is 9.80. The van der Waals surface area contributed by atoms with Crippen molar-refractivity contribution in [1.82, 2.24) is 4.57 Å². The molecule has 0 aliphatic rings. The van der Waals surface area contributed by atoms with Gasteiger partial charge in [0, 0.05) is 38.8 Å². The van der Waals surface area contributed by atoms with Crippen molar-refractivity contribution in [2.24, 2.45) is 0 Å². The predicted octanol–water partition coefficient (Wildman–Crippen LogP) is 17.2. The topological polar surface area (TPSA) is 8.17 Å². The molecule has 0 saturated carbocycles. The molecule has 2 heteroatoms. The van der Waals surface area contributed by atoms with Gasteiger partial charge in [-0.2, -0.15) is 0 Å². The molecular formula is C62H42N2. The highest BCUT2D eigenvalue weighted by Gasteiger charge is 2.22. The van der Waals surface area contributed by atoms with Gasteiger partial charge in [-0.25, -0.2) is 0 Å². The Balaban J connectivity index is 1.01. The SMILES string of the molecule is c1ccc(-c2ccccc2N(c2ccc(-c3ccc(-c4cccc5ccccc45)cc3)cc2)c2cccc(-c3cc4ccccc4c4c3c3ccccc3n4-c3ccccc3)c2)cc1. The van der Waals surface area contributed by atoms with Crippen LogP contribution in [0, 0.1) is 0 Å². The molecule has 2 nitrogen and oxygen atoms in total. The fourth-order valence-electron chi connectivity index (χ4n) is 9.80. The average molecular weight is 815 g/mol. The second-order valence-electron chi connectivity index (χ2n) is 16.5. The maximum atomic E-state index is 2.45. The molecule has 0 bridgehead atoms. The molecule has 0 atom stereocenters. The fraction of sp³-hybridized carbons (Fsp3) is 0. The number of anilines is 3. The molecule has 0 aliphatic carbocycles. The van der Waals surface area contributed by atoms with E-state index in [1.54, 1.807) is 0 Å². The minimum Gasteiger partial charge on any atom is -0.310 e. The minimum absolute atomic E-state index is 1.08. The molecule has 0 fully saturated rings. The Hall–Kier alpha value is -8.46. The lowest BCUT2D eigenvalue weighted by molar-refractivity contribution is 1.19. The van der Waals surface area contributed by atoms with Crippen LogP contribution in [-0.2, 0) is 0 Å². The molecule has 0 unspecified atom stereocenters. The van der Waals surface area contributed by atoms with Crippen molar-refractivity contribution >= 4 is 60.4 Å². The third kappa shape index (κ3) is 6.44. The van der Waals surface area contributed by atoms with Crippen LogP contribution >= 0.6 is 0 Å². The van der Waals surface area contributed by atoms with Crippen molar-refractivity contribution < 1.29 is 0 Å². The molecule has 12 rings (SSSR count). The number of nitrogens with zero attached hydrogens (tertiary/aromatic N) is 2. The molecule has 0 N–H and O–H groups in total. The van der Waals surface area contributed by atoms with E-state index in [0.29, 0.717) is 0 Å². The Morgan fingerprint density at radius 3 is 1.64 bits per heavy atom. The van der Waals surface area contributed by atoms with E-state index in [4.69, 9.17) is 0 Å². The minimum atomic E-state index is 1.08. The first-order valence-electron chi connectivity index (χ1n) is 22.0. The van der Waals surface area contributed by atoms with Gasteiger partial charge >= 0.3 is 0 Å². The Labute approximate surface area is 373 Å². The summed E-state index contributed by atoms with van der Waals surface area (Å²) in [7, 11) is 0. The summed E-state index contributed by atoms with van der Waals surface area (Å²) in [6.07, 6.45) is 0. The van der Waals surface area contributed by atoms with Crippen molar-refractivity contribution in [2.45, 2.75) is 0 Å².